The molecule has 4 rings (SSSR count). The van der Waals surface area contributed by atoms with Gasteiger partial charge < -0.3 is 10.6 Å². The monoisotopic (exact) mass is 480 g/mol. The third-order valence-electron chi connectivity index (χ3n) is 4.10. The Bertz CT molecular complexity index is 991. The summed E-state index contributed by atoms with van der Waals surface area (Å²) in [5, 5.41) is 5.34. The molecule has 2 amide bonds. The molecule has 2 aromatic rings. The molecule has 2 aliphatic heterocycles. The summed E-state index contributed by atoms with van der Waals surface area (Å²) >= 11 is 6.19. The van der Waals surface area contributed by atoms with Gasteiger partial charge in [0, 0.05) is 11.1 Å². The van der Waals surface area contributed by atoms with Crippen molar-refractivity contribution in [2.75, 3.05) is 0 Å². The Morgan fingerprint density at radius 2 is 1.08 bits per heavy atom. The van der Waals surface area contributed by atoms with Crippen molar-refractivity contribution < 1.29 is 18.4 Å². The number of nitrogens with one attached hydrogen (secondary N) is 2. The molecule has 130 valence electrons. The van der Waals surface area contributed by atoms with Crippen molar-refractivity contribution in [1.82, 2.24) is 10.6 Å². The lowest BCUT2D eigenvalue weighted by Crippen LogP contribution is -2.21. The standard InChI is InChI=1S/C18H8Br2F2N2O2/c19-9-5-7(1-3-11(9)21)15-13-14(18(26)23-15)16(24-17(13)25)8-2-4-12(22)10(20)6-8/h1-6H,(H,23,26)(H,24,25). The first kappa shape index (κ1) is 17.1. The molecule has 0 saturated carbocycles. The zero-order chi connectivity index (χ0) is 18.6. The van der Waals surface area contributed by atoms with Crippen molar-refractivity contribution in [3.05, 3.63) is 79.3 Å². The molecule has 4 nitrogen and oxygen atoms in total. The van der Waals surface area contributed by atoms with E-state index in [4.69, 9.17) is 0 Å². The van der Waals surface area contributed by atoms with Crippen molar-refractivity contribution in [3.63, 3.8) is 0 Å². The molecule has 2 aliphatic rings. The minimum atomic E-state index is -0.454. The molecule has 0 aromatic heterocycles. The fourth-order valence-corrected chi connectivity index (χ4v) is 3.68. The summed E-state index contributed by atoms with van der Waals surface area (Å²) < 4.78 is 27.4. The Balaban J connectivity index is 1.90. The van der Waals surface area contributed by atoms with E-state index in [2.05, 4.69) is 42.5 Å². The highest BCUT2D eigenvalue weighted by Crippen LogP contribution is 2.38. The number of carbonyl (C=O) groups is 2. The van der Waals surface area contributed by atoms with Crippen molar-refractivity contribution in [2.45, 2.75) is 0 Å². The second-order valence-electron chi connectivity index (χ2n) is 5.67. The van der Waals surface area contributed by atoms with Gasteiger partial charge in [0.2, 0.25) is 0 Å². The minimum Gasteiger partial charge on any atom is -0.321 e. The Morgan fingerprint density at radius 1 is 0.692 bits per heavy atom. The summed E-state index contributed by atoms with van der Waals surface area (Å²) in [6, 6.07) is 8.41. The molecule has 0 spiro atoms. The molecule has 0 atom stereocenters. The van der Waals surface area contributed by atoms with Crippen LogP contribution in [-0.4, -0.2) is 11.8 Å². The molecule has 0 aliphatic carbocycles. The summed E-state index contributed by atoms with van der Waals surface area (Å²) in [5.41, 5.74) is 1.97. The summed E-state index contributed by atoms with van der Waals surface area (Å²) in [4.78, 5) is 25.0. The largest absolute Gasteiger partial charge is 0.321 e. The zero-order valence-corrected chi connectivity index (χ0v) is 16.0. The van der Waals surface area contributed by atoms with Gasteiger partial charge in [-0.2, -0.15) is 0 Å². The van der Waals surface area contributed by atoms with E-state index in [1.807, 2.05) is 0 Å². The topological polar surface area (TPSA) is 58.2 Å². The summed E-state index contributed by atoms with van der Waals surface area (Å²) in [6.45, 7) is 0. The maximum Gasteiger partial charge on any atom is 0.258 e. The van der Waals surface area contributed by atoms with Gasteiger partial charge in [0.05, 0.1) is 31.5 Å². The quantitative estimate of drug-likeness (QED) is 0.684. The SMILES string of the molecule is O=C1NC(c2ccc(F)c(Br)c2)=C2C(=O)NC(c3ccc(F)c(Br)c3)=C12. The van der Waals surface area contributed by atoms with E-state index < -0.39 is 23.4 Å². The number of rotatable bonds is 2. The average Bonchev–Trinajstić information content (AvgIpc) is 3.12. The number of carbonyl (C=O) groups excluding carboxylic acids is 2. The first-order chi connectivity index (χ1) is 12.4. The second kappa shape index (κ2) is 6.14. The third-order valence-corrected chi connectivity index (χ3v) is 5.31. The summed E-state index contributed by atoms with van der Waals surface area (Å²) in [6.07, 6.45) is 0. The Labute approximate surface area is 163 Å². The third kappa shape index (κ3) is 2.60. The van der Waals surface area contributed by atoms with Crippen molar-refractivity contribution in [1.29, 1.82) is 0 Å². The van der Waals surface area contributed by atoms with Crippen LogP contribution in [0.15, 0.2) is 56.5 Å². The predicted molar refractivity (Wildman–Crippen MR) is 98.3 cm³/mol. The Kier molecular flexibility index (Phi) is 4.04. The fraction of sp³-hybridized carbons (Fsp3) is 0. The lowest BCUT2D eigenvalue weighted by molar-refractivity contribution is -0.117. The van der Waals surface area contributed by atoms with Crippen LogP contribution < -0.4 is 10.6 Å². The molecule has 2 aromatic carbocycles. The molecule has 2 N–H and O–H groups in total. The van der Waals surface area contributed by atoms with Crippen LogP contribution in [0.25, 0.3) is 11.4 Å². The van der Waals surface area contributed by atoms with Crippen LogP contribution in [0.5, 0.6) is 0 Å². The Morgan fingerprint density at radius 3 is 1.42 bits per heavy atom. The van der Waals surface area contributed by atoms with Gasteiger partial charge in [-0.3, -0.25) is 9.59 Å². The highest BCUT2D eigenvalue weighted by atomic mass is 79.9. The molecule has 0 fully saturated rings. The number of amides is 2. The summed E-state index contributed by atoms with van der Waals surface area (Å²) in [5.74, 6) is -1.81. The van der Waals surface area contributed by atoms with Crippen molar-refractivity contribution in [3.8, 4) is 0 Å². The van der Waals surface area contributed by atoms with Gasteiger partial charge in [-0.15, -0.1) is 0 Å². The molecule has 8 heteroatoms. The van der Waals surface area contributed by atoms with Crippen LogP contribution in [-0.2, 0) is 9.59 Å². The van der Waals surface area contributed by atoms with E-state index in [-0.39, 0.29) is 20.1 Å². The average molecular weight is 482 g/mol. The van der Waals surface area contributed by atoms with E-state index in [9.17, 15) is 18.4 Å². The number of benzene rings is 2. The molecule has 0 saturated heterocycles. The maximum atomic E-state index is 13.5. The highest BCUT2D eigenvalue weighted by molar-refractivity contribution is 9.10. The van der Waals surface area contributed by atoms with E-state index in [0.717, 1.165) is 0 Å². The molecular weight excluding hydrogens is 474 g/mol. The number of hydrogen-bond donors (Lipinski definition) is 2. The highest BCUT2D eigenvalue weighted by Gasteiger charge is 2.40. The van der Waals surface area contributed by atoms with Gasteiger partial charge in [-0.25, -0.2) is 8.78 Å². The molecule has 2 heterocycles. The fourth-order valence-electron chi connectivity index (χ4n) is 2.92. The number of fused-ring (bicyclic) bond motifs is 1. The second-order valence-corrected chi connectivity index (χ2v) is 7.37. The zero-order valence-electron chi connectivity index (χ0n) is 12.8. The number of halogens is 4. The molecule has 26 heavy (non-hydrogen) atoms. The van der Waals surface area contributed by atoms with Crippen LogP contribution in [0.1, 0.15) is 11.1 Å². The lowest BCUT2D eigenvalue weighted by atomic mass is 10.0. The van der Waals surface area contributed by atoms with Crippen LogP contribution in [0.4, 0.5) is 8.78 Å². The van der Waals surface area contributed by atoms with Crippen LogP contribution in [0.3, 0.4) is 0 Å². The smallest absolute Gasteiger partial charge is 0.258 e. The molecule has 0 radical (unpaired) electrons. The van der Waals surface area contributed by atoms with Gasteiger partial charge in [-0.1, -0.05) is 0 Å². The van der Waals surface area contributed by atoms with Gasteiger partial charge in [-0.05, 0) is 68.3 Å². The van der Waals surface area contributed by atoms with Crippen molar-refractivity contribution >= 4 is 55.1 Å². The van der Waals surface area contributed by atoms with E-state index in [0.29, 0.717) is 22.5 Å². The maximum absolute atomic E-state index is 13.5. The van der Waals surface area contributed by atoms with Gasteiger partial charge >= 0.3 is 0 Å². The summed E-state index contributed by atoms with van der Waals surface area (Å²) in [7, 11) is 0. The van der Waals surface area contributed by atoms with E-state index in [1.165, 1.54) is 36.4 Å². The lowest BCUT2D eigenvalue weighted by Gasteiger charge is -2.08. The van der Waals surface area contributed by atoms with Crippen molar-refractivity contribution in [2.24, 2.45) is 0 Å². The first-order valence-electron chi connectivity index (χ1n) is 7.39. The van der Waals surface area contributed by atoms with Gasteiger partial charge in [0.1, 0.15) is 11.6 Å². The van der Waals surface area contributed by atoms with E-state index >= 15 is 0 Å². The first-order valence-corrected chi connectivity index (χ1v) is 8.98. The van der Waals surface area contributed by atoms with E-state index in [1.54, 1.807) is 0 Å². The predicted octanol–water partition coefficient (Wildman–Crippen LogP) is 3.87. The number of hydrogen-bond acceptors (Lipinski definition) is 2. The molecule has 0 bridgehead atoms. The van der Waals surface area contributed by atoms with Gasteiger partial charge in [0.15, 0.2) is 0 Å². The Hall–Kier alpha value is -2.32. The van der Waals surface area contributed by atoms with Crippen LogP contribution >= 0.6 is 31.9 Å². The normalized spacial score (nSPS) is 16.2. The molecule has 0 unspecified atom stereocenters. The molecular formula is C18H8Br2F2N2O2. The minimum absolute atomic E-state index is 0.184. The van der Waals surface area contributed by atoms with Crippen LogP contribution in [0, 0.1) is 11.6 Å². The van der Waals surface area contributed by atoms with Gasteiger partial charge in [0.25, 0.3) is 11.8 Å². The van der Waals surface area contributed by atoms with Crippen LogP contribution in [0.2, 0.25) is 0 Å².